The molecule has 10 nitrogen and oxygen atoms in total. The molecule has 1 atom stereocenters. The van der Waals surface area contributed by atoms with Crippen LogP contribution < -0.4 is 9.64 Å². The van der Waals surface area contributed by atoms with E-state index in [1.165, 1.54) is 28.6 Å². The Morgan fingerprint density at radius 3 is 2.35 bits per heavy atom. The fourth-order valence-corrected chi connectivity index (χ4v) is 4.07. The lowest BCUT2D eigenvalue weighted by Crippen LogP contribution is -2.25. The Labute approximate surface area is 201 Å². The van der Waals surface area contributed by atoms with Crippen molar-refractivity contribution in [2.45, 2.75) is 44.5 Å². The molecule has 0 aliphatic rings. The van der Waals surface area contributed by atoms with E-state index in [4.69, 9.17) is 4.74 Å². The number of azo groups is 1. The minimum atomic E-state index is -4.98. The van der Waals surface area contributed by atoms with Crippen LogP contribution in [-0.4, -0.2) is 50.7 Å². The quantitative estimate of drug-likeness (QED) is 0.230. The Balaban J connectivity index is 2.74. The lowest BCUT2D eigenvalue weighted by Gasteiger charge is -2.26. The highest BCUT2D eigenvalue weighted by Gasteiger charge is 2.26. The van der Waals surface area contributed by atoms with E-state index in [-0.39, 0.29) is 17.3 Å². The molecule has 0 fully saturated rings. The molecule has 2 rings (SSSR count). The van der Waals surface area contributed by atoms with Crippen molar-refractivity contribution in [1.29, 1.82) is 0 Å². The van der Waals surface area contributed by atoms with E-state index in [2.05, 4.69) is 29.1 Å². The Morgan fingerprint density at radius 1 is 1.18 bits per heavy atom. The van der Waals surface area contributed by atoms with Crippen molar-refractivity contribution in [3.8, 4) is 5.75 Å². The van der Waals surface area contributed by atoms with Crippen LogP contribution in [0.4, 0.5) is 36.3 Å². The maximum absolute atomic E-state index is 13.3. The van der Waals surface area contributed by atoms with Gasteiger partial charge in [0.05, 0.1) is 12.3 Å². The number of alkyl halides is 2. The molecule has 0 amide bonds. The summed E-state index contributed by atoms with van der Waals surface area (Å²) in [6.45, 7) is 7.34. The summed E-state index contributed by atoms with van der Waals surface area (Å²) in [6.07, 6.45) is 3.40. The zero-order valence-corrected chi connectivity index (χ0v) is 21.2. The predicted octanol–water partition coefficient (Wildman–Crippen LogP) is 6.12. The fourth-order valence-electron chi connectivity index (χ4n) is 3.01. The van der Waals surface area contributed by atoms with Crippen LogP contribution in [0.15, 0.2) is 31.9 Å². The largest absolute Gasteiger partial charge is 0.492 e. The van der Waals surface area contributed by atoms with Crippen molar-refractivity contribution in [1.82, 2.24) is 14.8 Å². The van der Waals surface area contributed by atoms with Gasteiger partial charge in [0.1, 0.15) is 17.1 Å². The highest BCUT2D eigenvalue weighted by Crippen LogP contribution is 2.42. The number of hydrogen-bond acceptors (Lipinski definition) is 10. The number of ether oxygens (including phenoxy) is 1. The van der Waals surface area contributed by atoms with Gasteiger partial charge in [-0.15, -0.1) is 15.3 Å². The highest BCUT2D eigenvalue weighted by atomic mass is 32.2. The maximum Gasteiger partial charge on any atom is 0.345 e. The average Bonchev–Trinajstić information content (AvgIpc) is 3.18. The number of thioether (sulfide) groups is 1. The van der Waals surface area contributed by atoms with Crippen LogP contribution in [0.1, 0.15) is 33.6 Å². The van der Waals surface area contributed by atoms with Gasteiger partial charge in [0.2, 0.25) is 0 Å². The van der Waals surface area contributed by atoms with E-state index < -0.39 is 15.8 Å². The number of aromatic nitrogens is 3. The minimum absolute atomic E-state index is 0.00904. The molecule has 0 N–H and O–H groups in total. The minimum Gasteiger partial charge on any atom is -0.492 e. The van der Waals surface area contributed by atoms with Crippen LogP contribution in [0, 0.1) is 0 Å². The molecular weight excluding hydrogens is 495 g/mol. The van der Waals surface area contributed by atoms with E-state index in [9.17, 15) is 17.5 Å². The second-order valence-corrected chi connectivity index (χ2v) is 9.35. The third-order valence-corrected chi connectivity index (χ3v) is 6.17. The lowest BCUT2D eigenvalue weighted by atomic mass is 10.2. The summed E-state index contributed by atoms with van der Waals surface area (Å²) in [7, 11) is -3.30. The Bertz CT molecular complexity index is 1100. The maximum atomic E-state index is 13.3. The molecule has 0 saturated carbocycles. The Kier molecular flexibility index (Phi) is 10.6. The first-order valence-electron chi connectivity index (χ1n) is 10.5. The summed E-state index contributed by atoms with van der Waals surface area (Å²) in [5, 5.41) is 12.6. The second kappa shape index (κ2) is 12.9. The molecule has 0 saturated heterocycles. The van der Waals surface area contributed by atoms with Crippen LogP contribution >= 0.6 is 11.8 Å². The molecule has 1 unspecified atom stereocenters. The topological polar surface area (TPSA) is 107 Å². The van der Waals surface area contributed by atoms with Gasteiger partial charge in [-0.05, 0) is 36.6 Å². The van der Waals surface area contributed by atoms with Gasteiger partial charge in [-0.1, -0.05) is 30.0 Å². The fraction of sp³-hybridized carbons (Fsp3) is 0.579. The molecule has 0 radical (unpaired) electrons. The van der Waals surface area contributed by atoms with Crippen molar-refractivity contribution in [2.24, 2.45) is 21.6 Å². The third kappa shape index (κ3) is 6.82. The van der Waals surface area contributed by atoms with Gasteiger partial charge in [-0.3, -0.25) is 0 Å². The first-order chi connectivity index (χ1) is 16.2. The number of aryl methyl sites for hydroxylation is 1. The summed E-state index contributed by atoms with van der Waals surface area (Å²) < 4.78 is 65.4. The highest BCUT2D eigenvalue weighted by molar-refractivity contribution is 7.98. The molecule has 15 heteroatoms. The van der Waals surface area contributed by atoms with E-state index in [1.54, 1.807) is 14.0 Å². The zero-order chi connectivity index (χ0) is 25.3. The van der Waals surface area contributed by atoms with Crippen LogP contribution in [0.2, 0.25) is 0 Å². The smallest absolute Gasteiger partial charge is 0.345 e. The molecule has 190 valence electrons. The molecule has 34 heavy (non-hydrogen) atoms. The van der Waals surface area contributed by atoms with Crippen LogP contribution in [-0.2, 0) is 21.4 Å². The van der Waals surface area contributed by atoms with Gasteiger partial charge in [-0.25, -0.2) is 8.89 Å². The number of halogens is 3. The molecule has 1 aromatic carbocycles. The summed E-state index contributed by atoms with van der Waals surface area (Å²) in [5.41, 5.74) is 0.117. The number of rotatable bonds is 13. The number of anilines is 1. The molecule has 0 aliphatic heterocycles. The van der Waals surface area contributed by atoms with Crippen molar-refractivity contribution in [3.63, 3.8) is 0 Å². The zero-order valence-electron chi connectivity index (χ0n) is 19.6. The standard InChI is InChI=1S/C19H28F3N7O3S2/c1-6-9-29(10-7-2)15-11-14(27-34(30,32-22)17(20)21)13(12-16(15)31-8-3)24-25-18-23-19(33-5)28(4)26-18/h11-12,17H,6-10H2,1-5H3. The number of nitrogens with zero attached hydrogens (tertiary/aromatic N) is 7. The van der Waals surface area contributed by atoms with Gasteiger partial charge in [0, 0.05) is 26.2 Å². The van der Waals surface area contributed by atoms with Crippen molar-refractivity contribution in [3.05, 3.63) is 12.1 Å². The normalized spacial score (nSPS) is 13.4. The van der Waals surface area contributed by atoms with Crippen LogP contribution in [0.5, 0.6) is 5.75 Å². The third-order valence-electron chi connectivity index (χ3n) is 4.37. The Morgan fingerprint density at radius 2 is 1.85 bits per heavy atom. The van der Waals surface area contributed by atoms with E-state index in [1.807, 2.05) is 25.0 Å². The monoisotopic (exact) mass is 523 g/mol. The average molecular weight is 524 g/mol. The van der Waals surface area contributed by atoms with Crippen molar-refractivity contribution in [2.75, 3.05) is 30.9 Å². The number of hydrogen-bond donors (Lipinski definition) is 0. The SMILES string of the molecule is CCCN(CCC)c1cc(N=S(=O)(OF)C(F)F)c(N=Nc2nc(SC)n(C)n2)cc1OCC. The first kappa shape index (κ1) is 27.9. The molecule has 0 bridgehead atoms. The Hall–Kier alpha value is -2.39. The van der Waals surface area contributed by atoms with E-state index >= 15 is 0 Å². The summed E-state index contributed by atoms with van der Waals surface area (Å²) in [5.74, 6) is -3.29. The molecule has 2 aromatic rings. The lowest BCUT2D eigenvalue weighted by molar-refractivity contribution is -0.000950. The van der Waals surface area contributed by atoms with Gasteiger partial charge in [0.15, 0.2) is 5.16 Å². The van der Waals surface area contributed by atoms with Gasteiger partial charge in [-0.2, -0.15) is 18.1 Å². The molecule has 1 aromatic heterocycles. The summed E-state index contributed by atoms with van der Waals surface area (Å²) in [4.78, 5) is 6.14. The summed E-state index contributed by atoms with van der Waals surface area (Å²) in [6, 6.07) is 2.78. The van der Waals surface area contributed by atoms with Gasteiger partial charge >= 0.3 is 5.76 Å². The van der Waals surface area contributed by atoms with Crippen molar-refractivity contribution < 1.29 is 26.6 Å². The predicted molar refractivity (Wildman–Crippen MR) is 126 cm³/mol. The molecule has 0 aliphatic carbocycles. The molecule has 1 heterocycles. The van der Waals surface area contributed by atoms with Gasteiger partial charge < -0.3 is 9.64 Å². The van der Waals surface area contributed by atoms with Crippen LogP contribution in [0.25, 0.3) is 0 Å². The molecule has 0 spiro atoms. The second-order valence-electron chi connectivity index (χ2n) is 6.88. The first-order valence-corrected chi connectivity index (χ1v) is 13.2. The van der Waals surface area contributed by atoms with Crippen LogP contribution in [0.3, 0.4) is 0 Å². The van der Waals surface area contributed by atoms with Crippen molar-refractivity contribution >= 4 is 44.8 Å². The molecular formula is C19H28F3N7O3S2. The van der Waals surface area contributed by atoms with E-state index in [0.29, 0.717) is 36.3 Å². The summed E-state index contributed by atoms with van der Waals surface area (Å²) >= 11 is 1.34. The van der Waals surface area contributed by atoms with Gasteiger partial charge in [0.25, 0.3) is 16.0 Å². The van der Waals surface area contributed by atoms with E-state index in [0.717, 1.165) is 12.8 Å². The number of benzene rings is 1.